The van der Waals surface area contributed by atoms with E-state index >= 15 is 0 Å². The lowest BCUT2D eigenvalue weighted by Gasteiger charge is -2.09. The molecule has 0 fully saturated rings. The Morgan fingerprint density at radius 1 is 1.04 bits per heavy atom. The van der Waals surface area contributed by atoms with Crippen molar-refractivity contribution in [2.45, 2.75) is 11.8 Å². The maximum absolute atomic E-state index is 12.5. The summed E-state index contributed by atoms with van der Waals surface area (Å²) < 4.78 is 12.2. The molecule has 26 heavy (non-hydrogen) atoms. The highest BCUT2D eigenvalue weighted by Crippen LogP contribution is 2.23. The van der Waals surface area contributed by atoms with Crippen molar-refractivity contribution in [3.8, 4) is 11.4 Å². The van der Waals surface area contributed by atoms with Crippen LogP contribution in [0.2, 0.25) is 0 Å². The number of benzene rings is 2. The van der Waals surface area contributed by atoms with E-state index in [1.54, 1.807) is 38.5 Å². The summed E-state index contributed by atoms with van der Waals surface area (Å²) in [7, 11) is 3.21. The van der Waals surface area contributed by atoms with E-state index in [1.165, 1.54) is 11.8 Å². The number of carbonyl (C=O) groups is 1. The molecule has 0 radical (unpaired) electrons. The molecule has 3 rings (SSSR count). The van der Waals surface area contributed by atoms with Gasteiger partial charge in [-0.2, -0.15) is 0 Å². The van der Waals surface area contributed by atoms with Crippen LogP contribution in [0.5, 0.6) is 5.75 Å². The SMILES string of the molecule is COCc1nnc(SCC(=O)c2ccc(OC)cc2)n1-c1ccccc1. The first-order valence-electron chi connectivity index (χ1n) is 8.01. The van der Waals surface area contributed by atoms with Crippen LogP contribution in [0, 0.1) is 0 Å². The fourth-order valence-electron chi connectivity index (χ4n) is 2.44. The van der Waals surface area contributed by atoms with Crippen molar-refractivity contribution >= 4 is 17.5 Å². The minimum absolute atomic E-state index is 0.0218. The molecular weight excluding hydrogens is 350 g/mol. The molecule has 7 heteroatoms. The van der Waals surface area contributed by atoms with Crippen LogP contribution in [0.3, 0.4) is 0 Å². The number of thioether (sulfide) groups is 1. The van der Waals surface area contributed by atoms with E-state index in [1.807, 2.05) is 34.9 Å². The van der Waals surface area contributed by atoms with Gasteiger partial charge in [-0.05, 0) is 36.4 Å². The number of nitrogens with zero attached hydrogens (tertiary/aromatic N) is 3. The van der Waals surface area contributed by atoms with Crippen molar-refractivity contribution in [2.24, 2.45) is 0 Å². The van der Waals surface area contributed by atoms with Gasteiger partial charge in [0.25, 0.3) is 0 Å². The van der Waals surface area contributed by atoms with Gasteiger partial charge in [0.1, 0.15) is 12.4 Å². The predicted octanol–water partition coefficient (Wildman–Crippen LogP) is 3.40. The van der Waals surface area contributed by atoms with Gasteiger partial charge < -0.3 is 9.47 Å². The molecule has 2 aromatic carbocycles. The first kappa shape index (κ1) is 18.2. The predicted molar refractivity (Wildman–Crippen MR) is 100 cm³/mol. The summed E-state index contributed by atoms with van der Waals surface area (Å²) in [5, 5.41) is 9.08. The Bertz CT molecular complexity index is 863. The van der Waals surface area contributed by atoms with Gasteiger partial charge in [-0.3, -0.25) is 9.36 Å². The Hall–Kier alpha value is -2.64. The van der Waals surface area contributed by atoms with Crippen LogP contribution in [0.15, 0.2) is 59.8 Å². The van der Waals surface area contributed by atoms with Crippen LogP contribution in [0.1, 0.15) is 16.2 Å². The number of hydrogen-bond acceptors (Lipinski definition) is 6. The van der Waals surface area contributed by atoms with Gasteiger partial charge in [-0.1, -0.05) is 30.0 Å². The second kappa shape index (κ2) is 8.64. The molecule has 3 aromatic rings. The average molecular weight is 369 g/mol. The third-order valence-corrected chi connectivity index (χ3v) is 4.66. The average Bonchev–Trinajstić information content (AvgIpc) is 3.09. The first-order chi connectivity index (χ1) is 12.7. The van der Waals surface area contributed by atoms with E-state index in [0.29, 0.717) is 23.2 Å². The highest BCUT2D eigenvalue weighted by atomic mass is 32.2. The number of hydrogen-bond donors (Lipinski definition) is 0. The van der Waals surface area contributed by atoms with Crippen LogP contribution >= 0.6 is 11.8 Å². The van der Waals surface area contributed by atoms with Crippen molar-refractivity contribution in [2.75, 3.05) is 20.0 Å². The van der Waals surface area contributed by atoms with E-state index in [-0.39, 0.29) is 11.5 Å². The van der Waals surface area contributed by atoms with E-state index < -0.39 is 0 Å². The Kier molecular flexibility index (Phi) is 6.04. The van der Waals surface area contributed by atoms with E-state index in [0.717, 1.165) is 11.4 Å². The monoisotopic (exact) mass is 369 g/mol. The maximum atomic E-state index is 12.5. The van der Waals surface area contributed by atoms with Crippen molar-refractivity contribution in [3.63, 3.8) is 0 Å². The first-order valence-corrected chi connectivity index (χ1v) is 9.00. The van der Waals surface area contributed by atoms with E-state index in [2.05, 4.69) is 10.2 Å². The van der Waals surface area contributed by atoms with Gasteiger partial charge in [0.2, 0.25) is 0 Å². The molecule has 0 atom stereocenters. The fraction of sp³-hybridized carbons (Fsp3) is 0.211. The number of ketones is 1. The van der Waals surface area contributed by atoms with Gasteiger partial charge in [-0.15, -0.1) is 10.2 Å². The summed E-state index contributed by atoms with van der Waals surface area (Å²) in [5.41, 5.74) is 1.57. The van der Waals surface area contributed by atoms with Gasteiger partial charge in [0.05, 0.1) is 12.9 Å². The summed E-state index contributed by atoms with van der Waals surface area (Å²) >= 11 is 1.35. The summed E-state index contributed by atoms with van der Waals surface area (Å²) in [6, 6.07) is 16.9. The summed E-state index contributed by atoms with van der Waals surface area (Å²) in [5.74, 6) is 1.71. The minimum atomic E-state index is 0.0218. The molecule has 1 heterocycles. The van der Waals surface area contributed by atoms with Crippen molar-refractivity contribution in [3.05, 3.63) is 66.0 Å². The van der Waals surface area contributed by atoms with Crippen LogP contribution in [0.25, 0.3) is 5.69 Å². The zero-order valence-corrected chi connectivity index (χ0v) is 15.4. The quantitative estimate of drug-likeness (QED) is 0.448. The lowest BCUT2D eigenvalue weighted by molar-refractivity contribution is 0.102. The molecule has 0 saturated carbocycles. The van der Waals surface area contributed by atoms with Crippen LogP contribution in [-0.4, -0.2) is 40.5 Å². The zero-order chi connectivity index (χ0) is 18.4. The zero-order valence-electron chi connectivity index (χ0n) is 14.6. The standard InChI is InChI=1S/C19H19N3O3S/c1-24-12-18-20-21-19(22(18)15-6-4-3-5-7-15)26-13-17(23)14-8-10-16(25-2)11-9-14/h3-11H,12-13H2,1-2H3. The van der Waals surface area contributed by atoms with Crippen LogP contribution < -0.4 is 4.74 Å². The summed E-state index contributed by atoms with van der Waals surface area (Å²) in [4.78, 5) is 12.5. The van der Waals surface area contributed by atoms with Gasteiger partial charge in [0, 0.05) is 18.4 Å². The Labute approximate surface area is 156 Å². The van der Waals surface area contributed by atoms with Crippen LogP contribution in [-0.2, 0) is 11.3 Å². The molecule has 0 aliphatic heterocycles. The van der Waals surface area contributed by atoms with Gasteiger partial charge in [0.15, 0.2) is 16.8 Å². The topological polar surface area (TPSA) is 66.2 Å². The van der Waals surface area contributed by atoms with Gasteiger partial charge >= 0.3 is 0 Å². The minimum Gasteiger partial charge on any atom is -0.497 e. The maximum Gasteiger partial charge on any atom is 0.196 e. The molecular formula is C19H19N3O3S. The molecule has 6 nitrogen and oxygen atoms in total. The third kappa shape index (κ3) is 4.12. The molecule has 0 spiro atoms. The number of ether oxygens (including phenoxy) is 2. The summed E-state index contributed by atoms with van der Waals surface area (Å²) in [6.45, 7) is 0.342. The fourth-order valence-corrected chi connectivity index (χ4v) is 3.31. The number of Topliss-reactive ketones (excluding diaryl/α,β-unsaturated/α-hetero) is 1. The number of carbonyl (C=O) groups excluding carboxylic acids is 1. The molecule has 0 unspecified atom stereocenters. The molecule has 0 saturated heterocycles. The van der Waals surface area contributed by atoms with Crippen molar-refractivity contribution in [1.29, 1.82) is 0 Å². The Morgan fingerprint density at radius 3 is 2.42 bits per heavy atom. The second-order valence-corrected chi connectivity index (χ2v) is 6.39. The molecule has 0 aliphatic rings. The van der Waals surface area contributed by atoms with E-state index in [9.17, 15) is 4.79 Å². The number of rotatable bonds is 8. The molecule has 0 N–H and O–H groups in total. The smallest absolute Gasteiger partial charge is 0.196 e. The van der Waals surface area contributed by atoms with Crippen LogP contribution in [0.4, 0.5) is 0 Å². The molecule has 134 valence electrons. The second-order valence-electron chi connectivity index (χ2n) is 5.44. The lowest BCUT2D eigenvalue weighted by atomic mass is 10.1. The largest absolute Gasteiger partial charge is 0.497 e. The molecule has 0 amide bonds. The molecule has 1 aromatic heterocycles. The van der Waals surface area contributed by atoms with Gasteiger partial charge in [-0.25, -0.2) is 0 Å². The Morgan fingerprint density at radius 2 is 1.77 bits per heavy atom. The third-order valence-electron chi connectivity index (χ3n) is 3.73. The van der Waals surface area contributed by atoms with Crippen molar-refractivity contribution < 1.29 is 14.3 Å². The highest BCUT2D eigenvalue weighted by molar-refractivity contribution is 7.99. The van der Waals surface area contributed by atoms with E-state index in [4.69, 9.17) is 9.47 Å². The molecule has 0 aliphatic carbocycles. The molecule has 0 bridgehead atoms. The number of para-hydroxylation sites is 1. The normalized spacial score (nSPS) is 10.7. The number of methoxy groups -OCH3 is 2. The lowest BCUT2D eigenvalue weighted by Crippen LogP contribution is -2.06. The highest BCUT2D eigenvalue weighted by Gasteiger charge is 2.16. The Balaban J connectivity index is 1.78. The van der Waals surface area contributed by atoms with Crippen molar-refractivity contribution in [1.82, 2.24) is 14.8 Å². The number of aromatic nitrogens is 3. The summed E-state index contributed by atoms with van der Waals surface area (Å²) in [6.07, 6.45) is 0.